The van der Waals surface area contributed by atoms with Crippen molar-refractivity contribution in [1.82, 2.24) is 14.5 Å². The number of esters is 3. The van der Waals surface area contributed by atoms with Crippen molar-refractivity contribution in [3.8, 4) is 17.1 Å². The van der Waals surface area contributed by atoms with Crippen molar-refractivity contribution in [2.75, 3.05) is 19.8 Å². The smallest absolute Gasteiger partial charge is 0.463 e. The van der Waals surface area contributed by atoms with E-state index in [-0.39, 0.29) is 49.6 Å². The summed E-state index contributed by atoms with van der Waals surface area (Å²) < 4.78 is 42.7. The first kappa shape index (κ1) is 45.7. The average Bonchev–Trinajstić information content (AvgIpc) is 3.98. The predicted octanol–water partition coefficient (Wildman–Crippen LogP) is 6.02. The highest BCUT2D eigenvalue weighted by Gasteiger charge is 2.79. The molecule has 2 aromatic carbocycles. The molecule has 7 heterocycles. The Morgan fingerprint density at radius 2 is 1.63 bits per heavy atom. The van der Waals surface area contributed by atoms with Gasteiger partial charge in [0.15, 0.2) is 5.60 Å². The second-order valence-electron chi connectivity index (χ2n) is 18.9. The van der Waals surface area contributed by atoms with Crippen LogP contribution in [0, 0.1) is 17.3 Å². The Kier molecular flexibility index (Phi) is 11.0. The van der Waals surface area contributed by atoms with Crippen molar-refractivity contribution in [2.24, 2.45) is 17.3 Å². The number of rotatable bonds is 12. The molecule has 0 saturated carbocycles. The molecule has 1 unspecified atom stereocenters. The molecule has 4 aromatic rings. The van der Waals surface area contributed by atoms with Crippen LogP contribution in [0.1, 0.15) is 71.6 Å². The van der Waals surface area contributed by atoms with Crippen LogP contribution in [0.3, 0.4) is 0 Å². The van der Waals surface area contributed by atoms with Crippen LogP contribution in [0.25, 0.3) is 22.3 Å². The zero-order valence-electron chi connectivity index (χ0n) is 37.8. The average molecular weight is 983 g/mol. The summed E-state index contributed by atoms with van der Waals surface area (Å²) in [5.74, 6) is -6.19. The molecule has 0 spiro atoms. The number of nitrogens with zero attached hydrogens (tertiary/aromatic N) is 3. The van der Waals surface area contributed by atoms with Crippen LogP contribution in [-0.4, -0.2) is 91.7 Å². The molecule has 0 N–H and O–H groups in total. The normalized spacial score (nSPS) is 25.1. The van der Waals surface area contributed by atoms with Crippen LogP contribution in [-0.2, 0) is 71.1 Å². The number of likely N-dealkylation sites (tertiary alicyclic amines) is 1. The van der Waals surface area contributed by atoms with Gasteiger partial charge in [-0.05, 0) is 84.4 Å². The predicted molar refractivity (Wildman–Crippen MR) is 239 cm³/mol. The number of fused-ring (bicyclic) bond motifs is 10. The van der Waals surface area contributed by atoms with Gasteiger partial charge in [-0.25, -0.2) is 14.6 Å². The third-order valence-electron chi connectivity index (χ3n) is 13.1. The lowest BCUT2D eigenvalue weighted by atomic mass is 9.69. The van der Waals surface area contributed by atoms with Gasteiger partial charge in [-0.15, -0.1) is 0 Å². The summed E-state index contributed by atoms with van der Waals surface area (Å²) >= 11 is 3.25. The summed E-state index contributed by atoms with van der Waals surface area (Å²) in [6.45, 7) is 9.77. The van der Waals surface area contributed by atoms with Gasteiger partial charge in [0.05, 0.1) is 52.8 Å². The van der Waals surface area contributed by atoms with Gasteiger partial charge in [-0.1, -0.05) is 59.3 Å². The third kappa shape index (κ3) is 7.30. The van der Waals surface area contributed by atoms with Crippen LogP contribution in [0.5, 0.6) is 5.75 Å². The minimum Gasteiger partial charge on any atom is -0.463 e. The number of hydrogen-bond acceptors (Lipinski definition) is 15. The summed E-state index contributed by atoms with van der Waals surface area (Å²) in [7, 11) is 0. The number of halogens is 1. The molecule has 5 aliphatic heterocycles. The maximum absolute atomic E-state index is 14.8. The molecule has 67 heavy (non-hydrogen) atoms. The monoisotopic (exact) mass is 981 g/mol. The number of cyclic esters (lactones) is 1. The van der Waals surface area contributed by atoms with Crippen molar-refractivity contribution >= 4 is 62.7 Å². The zero-order valence-corrected chi connectivity index (χ0v) is 39.4. The topological polar surface area (TPSA) is 205 Å². The molecule has 2 bridgehead atoms. The van der Waals surface area contributed by atoms with Crippen molar-refractivity contribution < 1.29 is 61.9 Å². The highest BCUT2D eigenvalue weighted by Crippen LogP contribution is 2.62. The molecule has 0 radical (unpaired) electrons. The maximum Gasteiger partial charge on any atom is 0.510 e. The second kappa shape index (κ2) is 16.1. The number of amides is 2. The zero-order chi connectivity index (χ0) is 48.0. The van der Waals surface area contributed by atoms with E-state index >= 15 is 0 Å². The van der Waals surface area contributed by atoms with E-state index in [1.807, 2.05) is 30.3 Å². The largest absolute Gasteiger partial charge is 0.510 e. The summed E-state index contributed by atoms with van der Waals surface area (Å²) in [5.41, 5.74) is -4.83. The number of aromatic nitrogens is 2. The molecule has 2 amide bonds. The molecule has 350 valence electrons. The molecule has 0 aliphatic carbocycles. The fourth-order valence-corrected chi connectivity index (χ4v) is 9.78. The number of para-hydroxylation sites is 2. The van der Waals surface area contributed by atoms with E-state index in [0.717, 1.165) is 15.8 Å². The van der Waals surface area contributed by atoms with E-state index in [9.17, 15) is 33.6 Å². The van der Waals surface area contributed by atoms with E-state index < -0.39 is 92.5 Å². The van der Waals surface area contributed by atoms with Crippen molar-refractivity contribution in [3.05, 3.63) is 106 Å². The number of ether oxygens (including phenoxy) is 7. The summed E-state index contributed by atoms with van der Waals surface area (Å²) in [6, 6.07) is 19.6. The molecule has 17 nitrogen and oxygen atoms in total. The highest BCUT2D eigenvalue weighted by atomic mass is 79.9. The molecule has 2 fully saturated rings. The maximum atomic E-state index is 14.8. The molecule has 6 atom stereocenters. The van der Waals surface area contributed by atoms with Gasteiger partial charge in [0.25, 0.3) is 5.56 Å². The number of carbonyl (C=O) groups excluding carboxylic acids is 6. The third-order valence-corrected chi connectivity index (χ3v) is 13.4. The fourth-order valence-electron chi connectivity index (χ4n) is 9.67. The quantitative estimate of drug-likeness (QED) is 0.0607. The van der Waals surface area contributed by atoms with Crippen LogP contribution < -0.4 is 10.3 Å². The first-order valence-electron chi connectivity index (χ1n) is 21.9. The molecular weight excluding hydrogens is 934 g/mol. The first-order valence-corrected chi connectivity index (χ1v) is 22.7. The van der Waals surface area contributed by atoms with Crippen molar-refractivity contribution in [2.45, 2.75) is 95.3 Å². The van der Waals surface area contributed by atoms with Gasteiger partial charge in [0, 0.05) is 16.5 Å². The Labute approximate surface area is 392 Å². The Hall–Kier alpha value is -6.40. The molecule has 18 heteroatoms. The van der Waals surface area contributed by atoms with Gasteiger partial charge in [0.1, 0.15) is 47.4 Å². The van der Waals surface area contributed by atoms with E-state index in [1.165, 1.54) is 13.0 Å². The van der Waals surface area contributed by atoms with Gasteiger partial charge in [0.2, 0.25) is 17.4 Å². The van der Waals surface area contributed by atoms with Crippen molar-refractivity contribution in [1.29, 1.82) is 0 Å². The SMILES string of the molecule is CC[C@@]1(OC(=O)OC(C)[C@]23O[C@](COC(=O)C(C)(C)C)(C=C2Oc2ccccc2)[C@@H]2C(=O)N(CCOC(=O)C(C)(C)Br)C(=O)[C@@H]23)C(=O)OCc2c1cc1n(c2=O)Cc2cc3ccccc3nc2-1. The van der Waals surface area contributed by atoms with Crippen LogP contribution >= 0.6 is 15.9 Å². The highest BCUT2D eigenvalue weighted by molar-refractivity contribution is 9.10. The number of benzene rings is 2. The van der Waals surface area contributed by atoms with E-state index in [4.69, 9.17) is 38.1 Å². The lowest BCUT2D eigenvalue weighted by molar-refractivity contribution is -0.185. The molecule has 2 aromatic heterocycles. The molecule has 9 rings (SSSR count). The van der Waals surface area contributed by atoms with Gasteiger partial charge in [-0.3, -0.25) is 28.9 Å². The van der Waals surface area contributed by atoms with Gasteiger partial charge < -0.3 is 37.7 Å². The summed E-state index contributed by atoms with van der Waals surface area (Å²) in [6.07, 6.45) is -1.65. The number of carbonyl (C=O) groups is 6. The summed E-state index contributed by atoms with van der Waals surface area (Å²) in [4.78, 5) is 104. The molecular formula is C49H48BrN3O14. The summed E-state index contributed by atoms with van der Waals surface area (Å²) in [5, 5.41) is 0.888. The lowest BCUT2D eigenvalue weighted by Crippen LogP contribution is -2.54. The Balaban J connectivity index is 1.08. The van der Waals surface area contributed by atoms with Crippen molar-refractivity contribution in [3.63, 3.8) is 0 Å². The lowest BCUT2D eigenvalue weighted by Gasteiger charge is -2.38. The van der Waals surface area contributed by atoms with Crippen LogP contribution in [0.4, 0.5) is 4.79 Å². The van der Waals surface area contributed by atoms with Gasteiger partial charge in [-0.2, -0.15) is 0 Å². The standard InChI is InChI=1S/C49H48BrN3O14/c1-8-48(31-21-33-37-28(20-27-14-12-13-17-32(27)51-37)23-53(33)38(54)30(31)24-62-43(48)59)66-44(60)64-26(2)49-34(65-29-15-10-9-11-16-29)22-47(67-49,25-63-41(57)45(3,4)5)35-36(49)40(56)52(39(35)55)18-19-61-42(58)46(6,7)50/h9-17,20-22,26,35-36H,8,18-19,23-25H2,1-7H3/t26?,35-,36+,47-,48-,49-/m0/s1. The first-order chi connectivity index (χ1) is 31.6. The number of imide groups is 1. The Morgan fingerprint density at radius 1 is 0.925 bits per heavy atom. The molecule has 5 aliphatic rings. The van der Waals surface area contributed by atoms with Gasteiger partial charge >= 0.3 is 24.1 Å². The second-order valence-corrected chi connectivity index (χ2v) is 20.8. The fraction of sp³-hybridized carbons (Fsp3) is 0.429. The Bertz CT molecular complexity index is 2880. The van der Waals surface area contributed by atoms with E-state index in [1.54, 1.807) is 82.5 Å². The molecule has 2 saturated heterocycles. The number of alkyl halides is 1. The van der Waals surface area contributed by atoms with E-state index in [0.29, 0.717) is 22.7 Å². The van der Waals surface area contributed by atoms with E-state index in [2.05, 4.69) is 15.9 Å². The number of hydrogen-bond donors (Lipinski definition) is 0. The van der Waals surface area contributed by atoms with Crippen LogP contribution in [0.2, 0.25) is 0 Å². The minimum atomic E-state index is -2.17. The minimum absolute atomic E-state index is 0.0302. The van der Waals surface area contributed by atoms with Crippen LogP contribution in [0.15, 0.2) is 83.4 Å². The number of pyridine rings is 2. The Morgan fingerprint density at radius 3 is 2.33 bits per heavy atom.